The Hall–Kier alpha value is -4.44. The summed E-state index contributed by atoms with van der Waals surface area (Å²) < 4.78 is 27.9. The summed E-state index contributed by atoms with van der Waals surface area (Å²) in [4.78, 5) is 24.8. The van der Waals surface area contributed by atoms with Crippen LogP contribution in [0.5, 0.6) is 17.2 Å². The third-order valence-electron chi connectivity index (χ3n) is 5.05. The Morgan fingerprint density at radius 1 is 0.872 bits per heavy atom. The lowest BCUT2D eigenvalue weighted by Gasteiger charge is -2.08. The van der Waals surface area contributed by atoms with E-state index in [0.29, 0.717) is 23.7 Å². The summed E-state index contributed by atoms with van der Waals surface area (Å²) in [6.45, 7) is 0.719. The number of hydrogen-bond acceptors (Lipinski definition) is 6. The van der Waals surface area contributed by atoms with Crippen molar-refractivity contribution < 1.29 is 28.2 Å². The first-order valence-electron chi connectivity index (χ1n) is 12.1. The molecule has 0 fully saturated rings. The van der Waals surface area contributed by atoms with Gasteiger partial charge in [-0.3, -0.25) is 4.79 Å². The number of aryl methyl sites for hydroxylation is 1. The topological polar surface area (TPSA) is 138 Å². The molecule has 0 aliphatic carbocycles. The van der Waals surface area contributed by atoms with Gasteiger partial charge in [0.05, 0.1) is 27.8 Å². The smallest absolute Gasteiger partial charge is 0.253 e. The molecule has 3 rings (SSSR count). The van der Waals surface area contributed by atoms with Crippen molar-refractivity contribution in [2.75, 3.05) is 28.4 Å². The van der Waals surface area contributed by atoms with Gasteiger partial charge in [-0.15, -0.1) is 0 Å². The summed E-state index contributed by atoms with van der Waals surface area (Å²) in [6, 6.07) is 20.0. The van der Waals surface area contributed by atoms with Gasteiger partial charge in [0.1, 0.15) is 6.29 Å². The molecule has 210 valence electrons. The lowest BCUT2D eigenvalue weighted by molar-refractivity contribution is -0.117. The largest absolute Gasteiger partial charge is 0.494 e. The van der Waals surface area contributed by atoms with Gasteiger partial charge in [0, 0.05) is 13.0 Å². The predicted molar refractivity (Wildman–Crippen MR) is 151 cm³/mol. The minimum absolute atomic E-state index is 0.109. The molecule has 3 aromatic rings. The Balaban J connectivity index is 0.000000305. The van der Waals surface area contributed by atoms with Crippen LogP contribution in [0.15, 0.2) is 71.7 Å². The molecule has 0 atom stereocenters. The number of ether oxygens (including phenoxy) is 3. The fourth-order valence-corrected chi connectivity index (χ4v) is 3.24. The summed E-state index contributed by atoms with van der Waals surface area (Å²) in [5, 5.41) is 2.98. The summed E-state index contributed by atoms with van der Waals surface area (Å²) in [5.74, 6) is 0.487. The van der Waals surface area contributed by atoms with Crippen LogP contribution in [0.1, 0.15) is 23.1 Å². The number of aliphatic imine (C=N–C) groups is 1. The second-order valence-corrected chi connectivity index (χ2v) is 7.99. The molecule has 3 aromatic carbocycles. The van der Waals surface area contributed by atoms with Gasteiger partial charge in [-0.25, -0.2) is 4.39 Å². The van der Waals surface area contributed by atoms with Gasteiger partial charge in [-0.1, -0.05) is 42.5 Å². The van der Waals surface area contributed by atoms with Crippen LogP contribution in [-0.2, 0) is 29.0 Å². The number of nitrogens with zero attached hydrogens (tertiary/aromatic N) is 1. The molecule has 0 heterocycles. The van der Waals surface area contributed by atoms with E-state index < -0.39 is 5.91 Å². The van der Waals surface area contributed by atoms with Crippen molar-refractivity contribution in [1.82, 2.24) is 5.32 Å². The second kappa shape index (κ2) is 18.8. The summed E-state index contributed by atoms with van der Waals surface area (Å²) in [6.07, 6.45) is 2.56. The third-order valence-corrected chi connectivity index (χ3v) is 5.05. The number of nitrogens with one attached hydrogen (secondary N) is 1. The first kappa shape index (κ1) is 32.6. The quantitative estimate of drug-likeness (QED) is 0.202. The van der Waals surface area contributed by atoms with Crippen LogP contribution in [0.4, 0.5) is 4.39 Å². The third kappa shape index (κ3) is 13.1. The number of halogens is 1. The van der Waals surface area contributed by atoms with E-state index in [1.807, 2.05) is 37.4 Å². The van der Waals surface area contributed by atoms with E-state index in [1.54, 1.807) is 37.4 Å². The molecule has 1 amide bonds. The molecule has 0 saturated heterocycles. The number of hydrogen-bond donors (Lipinski definition) is 3. The lowest BCUT2D eigenvalue weighted by atomic mass is 10.1. The summed E-state index contributed by atoms with van der Waals surface area (Å²) in [5.41, 5.74) is 13.2. The Kier molecular flexibility index (Phi) is 15.7. The molecule has 5 N–H and O–H groups in total. The molecule has 0 aliphatic rings. The fourth-order valence-electron chi connectivity index (χ4n) is 3.24. The molecule has 0 radical (unpaired) electrons. The van der Waals surface area contributed by atoms with Crippen molar-refractivity contribution >= 4 is 18.2 Å². The molecule has 9 nitrogen and oxygen atoms in total. The number of rotatable bonds is 10. The first-order chi connectivity index (χ1) is 18.8. The minimum atomic E-state index is -0.405. The van der Waals surface area contributed by atoms with Crippen LogP contribution in [0.2, 0.25) is 0 Å². The average Bonchev–Trinajstić information content (AvgIpc) is 2.93. The number of benzene rings is 3. The Labute approximate surface area is 229 Å². The van der Waals surface area contributed by atoms with Crippen molar-refractivity contribution in [3.8, 4) is 17.2 Å². The van der Waals surface area contributed by atoms with Crippen LogP contribution in [0, 0.1) is 5.82 Å². The highest BCUT2D eigenvalue weighted by Crippen LogP contribution is 2.27. The van der Waals surface area contributed by atoms with E-state index in [4.69, 9.17) is 25.7 Å². The normalized spacial score (nSPS) is 9.56. The van der Waals surface area contributed by atoms with Gasteiger partial charge in [0.25, 0.3) is 5.91 Å². The molecule has 0 spiro atoms. The molecular formula is C29H37FN4O5. The van der Waals surface area contributed by atoms with E-state index in [9.17, 15) is 14.0 Å². The number of carbonyl (C=O) groups excluding carboxylic acids is 2. The van der Waals surface area contributed by atoms with Crippen molar-refractivity contribution in [3.63, 3.8) is 0 Å². The predicted octanol–water partition coefficient (Wildman–Crippen LogP) is 3.42. The summed E-state index contributed by atoms with van der Waals surface area (Å²) in [7, 11) is 6.37. The van der Waals surface area contributed by atoms with Gasteiger partial charge in [0.15, 0.2) is 29.0 Å². The Bertz CT molecular complexity index is 1190. The molecule has 0 aromatic heterocycles. The van der Waals surface area contributed by atoms with Crippen LogP contribution >= 0.6 is 0 Å². The SMILES string of the molecule is CNCc1ccc(F)c(OC)c1.COc1ccc(CC(=O)N=C(N)N)cc1OC.O=CCCc1ccccc1. The van der Waals surface area contributed by atoms with Crippen molar-refractivity contribution in [3.05, 3.63) is 89.2 Å². The maximum absolute atomic E-state index is 12.9. The van der Waals surface area contributed by atoms with Gasteiger partial charge >= 0.3 is 0 Å². The van der Waals surface area contributed by atoms with Gasteiger partial charge in [0.2, 0.25) is 0 Å². The van der Waals surface area contributed by atoms with Crippen molar-refractivity contribution in [2.45, 2.75) is 25.8 Å². The number of guanidine groups is 1. The highest BCUT2D eigenvalue weighted by atomic mass is 19.1. The number of nitrogens with two attached hydrogens (primary N) is 2. The number of methoxy groups -OCH3 is 3. The van der Waals surface area contributed by atoms with Crippen LogP contribution in [0.3, 0.4) is 0 Å². The number of aldehydes is 1. The summed E-state index contributed by atoms with van der Waals surface area (Å²) >= 11 is 0. The molecule has 0 saturated carbocycles. The Morgan fingerprint density at radius 3 is 2.05 bits per heavy atom. The zero-order chi connectivity index (χ0) is 29.0. The fraction of sp³-hybridized carbons (Fsp3) is 0.276. The molecule has 0 aliphatic heterocycles. The van der Waals surface area contributed by atoms with Gasteiger partial charge in [-0.2, -0.15) is 4.99 Å². The maximum Gasteiger partial charge on any atom is 0.253 e. The van der Waals surface area contributed by atoms with E-state index in [1.165, 1.54) is 25.8 Å². The molecule has 0 unspecified atom stereocenters. The number of amides is 1. The van der Waals surface area contributed by atoms with Crippen molar-refractivity contribution in [2.24, 2.45) is 16.5 Å². The maximum atomic E-state index is 12.9. The number of carbonyl (C=O) groups is 2. The van der Waals surface area contributed by atoms with Crippen molar-refractivity contribution in [1.29, 1.82) is 0 Å². The zero-order valence-electron chi connectivity index (χ0n) is 22.8. The minimum Gasteiger partial charge on any atom is -0.494 e. The Morgan fingerprint density at radius 2 is 1.49 bits per heavy atom. The zero-order valence-corrected chi connectivity index (χ0v) is 22.8. The second-order valence-electron chi connectivity index (χ2n) is 7.99. The van der Waals surface area contributed by atoms with E-state index in [-0.39, 0.29) is 18.2 Å². The molecule has 0 bridgehead atoms. The average molecular weight is 541 g/mol. The molecular weight excluding hydrogens is 503 g/mol. The van der Waals surface area contributed by atoms with E-state index in [0.717, 1.165) is 30.4 Å². The standard InChI is InChI=1S/C11H15N3O3.C9H12FNO.C9H10O/c1-16-8-4-3-7(5-9(8)17-2)6-10(15)14-11(12)13;1-11-6-7-3-4-8(10)9(5-7)12-2;10-8-4-7-9-5-2-1-3-6-9/h3-5H,6H2,1-2H3,(H4,12,13,14,15);3-5,11H,6H2,1-2H3;1-3,5-6,8H,4,7H2. The van der Waals surface area contributed by atoms with Gasteiger partial charge < -0.3 is 35.8 Å². The lowest BCUT2D eigenvalue weighted by Crippen LogP contribution is -2.24. The van der Waals surface area contributed by atoms with Crippen LogP contribution in [-0.4, -0.2) is 46.5 Å². The van der Waals surface area contributed by atoms with Crippen LogP contribution < -0.4 is 31.0 Å². The first-order valence-corrected chi connectivity index (χ1v) is 12.1. The molecule has 39 heavy (non-hydrogen) atoms. The highest BCUT2D eigenvalue weighted by molar-refractivity contribution is 5.92. The monoisotopic (exact) mass is 540 g/mol. The van der Waals surface area contributed by atoms with Crippen LogP contribution in [0.25, 0.3) is 0 Å². The highest BCUT2D eigenvalue weighted by Gasteiger charge is 2.08. The van der Waals surface area contributed by atoms with E-state index >= 15 is 0 Å². The molecule has 10 heteroatoms. The van der Waals surface area contributed by atoms with E-state index in [2.05, 4.69) is 10.3 Å². The van der Waals surface area contributed by atoms with Gasteiger partial charge in [-0.05, 0) is 54.4 Å².